The first-order valence-electron chi connectivity index (χ1n) is 14.4. The first-order valence-corrected chi connectivity index (χ1v) is 14.8. The summed E-state index contributed by atoms with van der Waals surface area (Å²) in [6.07, 6.45) is 3.35. The number of carbonyl (C=O) groups excluding carboxylic acids is 1. The number of oxazole rings is 1. The van der Waals surface area contributed by atoms with Crippen LogP contribution in [0.3, 0.4) is 0 Å². The quantitative estimate of drug-likeness (QED) is 0.158. The number of aryl methyl sites for hydroxylation is 1. The van der Waals surface area contributed by atoms with Gasteiger partial charge >= 0.3 is 5.97 Å². The molecule has 3 aromatic carbocycles. The minimum atomic E-state index is -0.399. The van der Waals surface area contributed by atoms with E-state index in [1.54, 1.807) is 37.3 Å². The van der Waals surface area contributed by atoms with Crippen LogP contribution in [0.2, 0.25) is 5.02 Å². The normalized spacial score (nSPS) is 14.1. The van der Waals surface area contributed by atoms with Crippen LogP contribution in [0.5, 0.6) is 5.75 Å². The summed E-state index contributed by atoms with van der Waals surface area (Å²) in [7, 11) is 0. The van der Waals surface area contributed by atoms with E-state index in [0.29, 0.717) is 59.6 Å². The van der Waals surface area contributed by atoms with Crippen LogP contribution in [0.4, 0.5) is 4.39 Å². The number of carbonyl (C=O) groups is 1. The number of rotatable bonds is 10. The lowest BCUT2D eigenvalue weighted by Crippen LogP contribution is -2.28. The SMILES string of the molecule is C.CCOC(=O)c1ccc2c(n1)CCCC2NCCc1cc(F)ccc1OCc1ccc(-c2nc3cc(Cl)ccc3o2)cc1. The van der Waals surface area contributed by atoms with Crippen LogP contribution in [0.1, 0.15) is 66.1 Å². The molecule has 0 saturated carbocycles. The number of benzene rings is 3. The van der Waals surface area contributed by atoms with Gasteiger partial charge in [0.05, 0.1) is 6.61 Å². The molecule has 6 rings (SSSR count). The molecule has 0 spiro atoms. The Morgan fingerprint density at radius 3 is 2.73 bits per heavy atom. The zero-order chi connectivity index (χ0) is 29.8. The van der Waals surface area contributed by atoms with Gasteiger partial charge in [-0.1, -0.05) is 37.2 Å². The largest absolute Gasteiger partial charge is 0.489 e. The molecule has 5 aromatic rings. The number of pyridine rings is 1. The van der Waals surface area contributed by atoms with Crippen molar-refractivity contribution in [3.05, 3.63) is 112 Å². The number of hydrogen-bond acceptors (Lipinski definition) is 7. The molecule has 9 heteroatoms. The van der Waals surface area contributed by atoms with E-state index in [-0.39, 0.29) is 19.3 Å². The Hall–Kier alpha value is -4.27. The van der Waals surface area contributed by atoms with Crippen molar-refractivity contribution < 1.29 is 23.1 Å². The molecule has 1 atom stereocenters. The van der Waals surface area contributed by atoms with E-state index in [2.05, 4.69) is 15.3 Å². The summed E-state index contributed by atoms with van der Waals surface area (Å²) in [5.74, 6) is 0.468. The lowest BCUT2D eigenvalue weighted by atomic mass is 9.91. The van der Waals surface area contributed by atoms with Crippen molar-refractivity contribution in [2.75, 3.05) is 13.2 Å². The van der Waals surface area contributed by atoms with Crippen LogP contribution < -0.4 is 10.1 Å². The maximum Gasteiger partial charge on any atom is 0.356 e. The zero-order valence-corrected chi connectivity index (χ0v) is 24.5. The van der Waals surface area contributed by atoms with Gasteiger partial charge in [0.1, 0.15) is 29.4 Å². The average molecular weight is 616 g/mol. The Labute approximate surface area is 261 Å². The van der Waals surface area contributed by atoms with Gasteiger partial charge in [-0.05, 0) is 110 Å². The molecule has 1 aliphatic rings. The van der Waals surface area contributed by atoms with Crippen LogP contribution in [0.15, 0.2) is 77.2 Å². The molecule has 2 aromatic heterocycles. The van der Waals surface area contributed by atoms with Gasteiger partial charge in [0.25, 0.3) is 0 Å². The molecule has 0 aliphatic heterocycles. The number of nitrogens with zero attached hydrogens (tertiary/aromatic N) is 2. The number of halogens is 2. The van der Waals surface area contributed by atoms with E-state index in [0.717, 1.165) is 47.2 Å². The van der Waals surface area contributed by atoms with E-state index in [1.807, 2.05) is 30.3 Å². The minimum Gasteiger partial charge on any atom is -0.489 e. The van der Waals surface area contributed by atoms with Crippen molar-refractivity contribution in [2.24, 2.45) is 0 Å². The summed E-state index contributed by atoms with van der Waals surface area (Å²) >= 11 is 6.07. The Bertz CT molecular complexity index is 1760. The Morgan fingerprint density at radius 1 is 1.07 bits per heavy atom. The molecular weight excluding hydrogens is 581 g/mol. The van der Waals surface area contributed by atoms with Gasteiger partial charge in [0.15, 0.2) is 5.58 Å². The summed E-state index contributed by atoms with van der Waals surface area (Å²) in [6, 6.07) is 21.6. The van der Waals surface area contributed by atoms with Gasteiger partial charge in [-0.2, -0.15) is 0 Å². The van der Waals surface area contributed by atoms with Crippen LogP contribution in [-0.2, 0) is 24.2 Å². The first-order chi connectivity index (χ1) is 21.0. The third kappa shape index (κ3) is 7.09. The van der Waals surface area contributed by atoms with E-state index in [1.165, 1.54) is 12.1 Å². The van der Waals surface area contributed by atoms with Gasteiger partial charge < -0.3 is 19.2 Å². The van der Waals surface area contributed by atoms with Gasteiger partial charge in [0, 0.05) is 22.3 Å². The molecule has 1 aliphatic carbocycles. The Morgan fingerprint density at radius 2 is 1.91 bits per heavy atom. The summed E-state index contributed by atoms with van der Waals surface area (Å²) in [5, 5.41) is 4.21. The minimum absolute atomic E-state index is 0. The lowest BCUT2D eigenvalue weighted by molar-refractivity contribution is 0.0519. The van der Waals surface area contributed by atoms with Gasteiger partial charge in [0.2, 0.25) is 5.89 Å². The van der Waals surface area contributed by atoms with Crippen LogP contribution >= 0.6 is 11.6 Å². The molecule has 0 fully saturated rings. The molecule has 7 nitrogen and oxygen atoms in total. The molecule has 228 valence electrons. The molecule has 0 bridgehead atoms. The smallest absolute Gasteiger partial charge is 0.356 e. The molecular formula is C35H35ClFN3O4. The third-order valence-corrected chi connectivity index (χ3v) is 7.76. The predicted molar refractivity (Wildman–Crippen MR) is 169 cm³/mol. The van der Waals surface area contributed by atoms with E-state index in [4.69, 9.17) is 25.5 Å². The fraction of sp³-hybridized carbons (Fsp3) is 0.286. The van der Waals surface area contributed by atoms with Crippen LogP contribution in [-0.4, -0.2) is 29.1 Å². The van der Waals surface area contributed by atoms with E-state index >= 15 is 0 Å². The standard InChI is InChI=1S/C34H31ClFN3O4.CH4/c1-2-41-34(40)29-13-12-26-27(4-3-5-28(26)38-29)37-17-16-23-18-25(36)11-15-31(23)42-20-21-6-8-22(9-7-21)33-39-30-19-24(35)10-14-32(30)43-33;/h6-15,18-19,27,37H,2-5,16-17,20H2,1H3;1H4. The number of fused-ring (bicyclic) bond motifs is 2. The van der Waals surface area contributed by atoms with Gasteiger partial charge in [-0.15, -0.1) is 0 Å². The highest BCUT2D eigenvalue weighted by molar-refractivity contribution is 6.31. The highest BCUT2D eigenvalue weighted by Crippen LogP contribution is 2.30. The van der Waals surface area contributed by atoms with Gasteiger partial charge in [-0.25, -0.2) is 19.2 Å². The fourth-order valence-electron chi connectivity index (χ4n) is 5.38. The van der Waals surface area contributed by atoms with Crippen LogP contribution in [0, 0.1) is 5.82 Å². The van der Waals surface area contributed by atoms with Crippen molar-refractivity contribution in [3.8, 4) is 17.2 Å². The Balaban J connectivity index is 0.00000384. The topological polar surface area (TPSA) is 86.5 Å². The molecule has 0 saturated heterocycles. The van der Waals surface area contributed by atoms with Crippen LogP contribution in [0.25, 0.3) is 22.6 Å². The molecule has 44 heavy (non-hydrogen) atoms. The van der Waals surface area contributed by atoms with Crippen molar-refractivity contribution in [3.63, 3.8) is 0 Å². The highest BCUT2D eigenvalue weighted by Gasteiger charge is 2.23. The second-order valence-electron chi connectivity index (χ2n) is 10.5. The maximum atomic E-state index is 14.2. The average Bonchev–Trinajstić information content (AvgIpc) is 3.44. The second-order valence-corrected chi connectivity index (χ2v) is 10.9. The van der Waals surface area contributed by atoms with Crippen molar-refractivity contribution >= 4 is 28.7 Å². The van der Waals surface area contributed by atoms with Crippen molar-refractivity contribution in [1.29, 1.82) is 0 Å². The fourth-order valence-corrected chi connectivity index (χ4v) is 5.55. The summed E-state index contributed by atoms with van der Waals surface area (Å²) < 4.78 is 31.3. The monoisotopic (exact) mass is 615 g/mol. The highest BCUT2D eigenvalue weighted by atomic mass is 35.5. The summed E-state index contributed by atoms with van der Waals surface area (Å²) in [4.78, 5) is 21.2. The predicted octanol–water partition coefficient (Wildman–Crippen LogP) is 8.28. The van der Waals surface area contributed by atoms with Gasteiger partial charge in [-0.3, -0.25) is 0 Å². The summed E-state index contributed by atoms with van der Waals surface area (Å²) in [5.41, 5.74) is 6.36. The number of esters is 1. The third-order valence-electron chi connectivity index (χ3n) is 7.53. The van der Waals surface area contributed by atoms with E-state index in [9.17, 15) is 9.18 Å². The molecule has 1 unspecified atom stereocenters. The zero-order valence-electron chi connectivity index (χ0n) is 23.7. The van der Waals surface area contributed by atoms with E-state index < -0.39 is 5.97 Å². The number of hydrogen-bond donors (Lipinski definition) is 1. The molecule has 0 radical (unpaired) electrons. The van der Waals surface area contributed by atoms with Crippen molar-refractivity contribution in [2.45, 2.75) is 52.7 Å². The lowest BCUT2D eigenvalue weighted by Gasteiger charge is -2.26. The number of nitrogens with one attached hydrogen (secondary N) is 1. The van der Waals surface area contributed by atoms with Crippen molar-refractivity contribution in [1.82, 2.24) is 15.3 Å². The summed E-state index contributed by atoms with van der Waals surface area (Å²) in [6.45, 7) is 3.06. The maximum absolute atomic E-state index is 14.2. The number of ether oxygens (including phenoxy) is 2. The molecule has 0 amide bonds. The molecule has 2 heterocycles. The number of aromatic nitrogens is 2. The Kier molecular flexibility index (Phi) is 9.92. The second kappa shape index (κ2) is 14.0. The molecule has 1 N–H and O–H groups in total. The first kappa shape index (κ1) is 31.2.